The highest BCUT2D eigenvalue weighted by Crippen LogP contribution is 2.29. The van der Waals surface area contributed by atoms with Gasteiger partial charge in [-0.3, -0.25) is 0 Å². The first-order valence-electron chi connectivity index (χ1n) is 7.68. The summed E-state index contributed by atoms with van der Waals surface area (Å²) in [6, 6.07) is 12.3. The maximum Gasteiger partial charge on any atom is 0.416 e. The summed E-state index contributed by atoms with van der Waals surface area (Å²) in [5, 5.41) is 6.20. The molecule has 0 unspecified atom stereocenters. The van der Waals surface area contributed by atoms with Crippen LogP contribution < -0.4 is 15.4 Å². The number of ether oxygens (including phenoxy) is 1. The van der Waals surface area contributed by atoms with Crippen LogP contribution in [-0.2, 0) is 6.18 Å². The van der Waals surface area contributed by atoms with Crippen molar-refractivity contribution in [3.05, 3.63) is 59.7 Å². The minimum absolute atomic E-state index is 0.0734. The van der Waals surface area contributed by atoms with E-state index in [-0.39, 0.29) is 6.04 Å². The van der Waals surface area contributed by atoms with Crippen LogP contribution in [0.4, 0.5) is 18.9 Å². The maximum absolute atomic E-state index is 12.5. The summed E-state index contributed by atoms with van der Waals surface area (Å²) in [5.41, 5.74) is 0.939. The molecule has 0 bridgehead atoms. The Hall–Kier alpha value is -2.28. The van der Waals surface area contributed by atoms with Crippen LogP contribution in [0, 0.1) is 6.92 Å². The van der Waals surface area contributed by atoms with Crippen LogP contribution in [0.1, 0.15) is 18.1 Å². The molecule has 25 heavy (non-hydrogen) atoms. The number of benzene rings is 2. The van der Waals surface area contributed by atoms with Gasteiger partial charge in [0, 0.05) is 5.69 Å². The highest BCUT2D eigenvalue weighted by atomic mass is 32.1. The van der Waals surface area contributed by atoms with Crippen LogP contribution in [0.5, 0.6) is 5.75 Å². The predicted molar refractivity (Wildman–Crippen MR) is 96.9 cm³/mol. The Morgan fingerprint density at radius 1 is 1.08 bits per heavy atom. The van der Waals surface area contributed by atoms with Gasteiger partial charge in [0.05, 0.1) is 11.6 Å². The standard InChI is InChI=1S/C18H19F3N2OS/c1-12-3-9-16(10-4-12)24-11-13(2)22-17(25)23-15-7-5-14(6-8-15)18(19,20)21/h3-10,13H,11H2,1-2H3,(H2,22,23,25)/t13-/m1/s1. The average molecular weight is 368 g/mol. The predicted octanol–water partition coefficient (Wildman–Crippen LogP) is 4.77. The van der Waals surface area contributed by atoms with Crippen molar-refractivity contribution in [3.8, 4) is 5.75 Å². The van der Waals surface area contributed by atoms with E-state index in [2.05, 4.69) is 10.6 Å². The van der Waals surface area contributed by atoms with E-state index in [1.165, 1.54) is 12.1 Å². The molecule has 0 aliphatic rings. The lowest BCUT2D eigenvalue weighted by Crippen LogP contribution is -2.39. The lowest BCUT2D eigenvalue weighted by atomic mass is 10.2. The van der Waals surface area contributed by atoms with Gasteiger partial charge in [0.15, 0.2) is 5.11 Å². The zero-order chi connectivity index (χ0) is 18.4. The fourth-order valence-corrected chi connectivity index (χ4v) is 2.35. The molecule has 0 aliphatic carbocycles. The van der Waals surface area contributed by atoms with Gasteiger partial charge in [0.1, 0.15) is 12.4 Å². The summed E-state index contributed by atoms with van der Waals surface area (Å²) in [7, 11) is 0. The minimum Gasteiger partial charge on any atom is -0.491 e. The number of nitrogens with one attached hydrogen (secondary N) is 2. The van der Waals surface area contributed by atoms with E-state index < -0.39 is 11.7 Å². The summed E-state index contributed by atoms with van der Waals surface area (Å²) in [6.45, 7) is 4.30. The Bertz CT molecular complexity index is 700. The van der Waals surface area contributed by atoms with Crippen molar-refractivity contribution in [1.29, 1.82) is 0 Å². The molecule has 134 valence electrons. The average Bonchev–Trinajstić information content (AvgIpc) is 2.54. The van der Waals surface area contributed by atoms with Gasteiger partial charge in [-0.15, -0.1) is 0 Å². The van der Waals surface area contributed by atoms with E-state index in [1.54, 1.807) is 0 Å². The number of thiocarbonyl (C=S) groups is 1. The minimum atomic E-state index is -4.35. The summed E-state index contributed by atoms with van der Waals surface area (Å²) < 4.78 is 43.2. The fourth-order valence-electron chi connectivity index (χ4n) is 2.03. The van der Waals surface area contributed by atoms with Gasteiger partial charge in [-0.25, -0.2) is 0 Å². The molecule has 0 heterocycles. The SMILES string of the molecule is Cc1ccc(OC[C@@H](C)NC(=S)Nc2ccc(C(F)(F)F)cc2)cc1. The zero-order valence-electron chi connectivity index (χ0n) is 13.9. The molecule has 0 aromatic heterocycles. The number of aryl methyl sites for hydroxylation is 1. The number of anilines is 1. The normalized spacial score (nSPS) is 12.4. The molecule has 3 nitrogen and oxygen atoms in total. The third kappa shape index (κ3) is 6.26. The molecule has 0 radical (unpaired) electrons. The van der Waals surface area contributed by atoms with Crippen molar-refractivity contribution in [2.24, 2.45) is 0 Å². The van der Waals surface area contributed by atoms with Crippen LogP contribution in [0.25, 0.3) is 0 Å². The molecule has 0 aliphatic heterocycles. The quantitative estimate of drug-likeness (QED) is 0.745. The first kappa shape index (κ1) is 19.1. The smallest absolute Gasteiger partial charge is 0.416 e. The van der Waals surface area contributed by atoms with Gasteiger partial charge < -0.3 is 15.4 Å². The molecule has 0 fully saturated rings. The molecule has 2 rings (SSSR count). The molecule has 2 aromatic rings. The molecule has 2 N–H and O–H groups in total. The summed E-state index contributed by atoms with van der Waals surface area (Å²) in [5.74, 6) is 0.765. The van der Waals surface area contributed by atoms with Gasteiger partial charge in [-0.2, -0.15) is 13.2 Å². The lowest BCUT2D eigenvalue weighted by molar-refractivity contribution is -0.137. The van der Waals surface area contributed by atoms with Crippen molar-refractivity contribution in [3.63, 3.8) is 0 Å². The number of rotatable bonds is 5. The highest BCUT2D eigenvalue weighted by molar-refractivity contribution is 7.80. The van der Waals surface area contributed by atoms with E-state index in [0.717, 1.165) is 23.4 Å². The Morgan fingerprint density at radius 2 is 1.68 bits per heavy atom. The van der Waals surface area contributed by atoms with Crippen LogP contribution in [0.15, 0.2) is 48.5 Å². The molecule has 0 saturated carbocycles. The number of halogens is 3. The first-order valence-corrected chi connectivity index (χ1v) is 8.09. The van der Waals surface area contributed by atoms with Crippen molar-refractivity contribution in [2.45, 2.75) is 26.1 Å². The van der Waals surface area contributed by atoms with Crippen LogP contribution in [0.3, 0.4) is 0 Å². The third-order valence-electron chi connectivity index (χ3n) is 3.37. The number of hydrogen-bond donors (Lipinski definition) is 2. The van der Waals surface area contributed by atoms with Crippen molar-refractivity contribution < 1.29 is 17.9 Å². The lowest BCUT2D eigenvalue weighted by Gasteiger charge is -2.18. The topological polar surface area (TPSA) is 33.3 Å². The molecular weight excluding hydrogens is 349 g/mol. The van der Waals surface area contributed by atoms with E-state index in [4.69, 9.17) is 17.0 Å². The first-order chi connectivity index (χ1) is 11.7. The van der Waals surface area contributed by atoms with Gasteiger partial charge in [0.25, 0.3) is 0 Å². The van der Waals surface area contributed by atoms with Crippen molar-refractivity contribution in [2.75, 3.05) is 11.9 Å². The van der Waals surface area contributed by atoms with Crippen molar-refractivity contribution in [1.82, 2.24) is 5.32 Å². The van der Waals surface area contributed by atoms with Gasteiger partial charge in [-0.1, -0.05) is 17.7 Å². The number of alkyl halides is 3. The molecule has 7 heteroatoms. The second-order valence-electron chi connectivity index (χ2n) is 5.70. The highest BCUT2D eigenvalue weighted by Gasteiger charge is 2.29. The molecule has 1 atom stereocenters. The molecule has 0 spiro atoms. The van der Waals surface area contributed by atoms with Crippen LogP contribution >= 0.6 is 12.2 Å². The van der Waals surface area contributed by atoms with E-state index in [1.807, 2.05) is 38.1 Å². The summed E-state index contributed by atoms with van der Waals surface area (Å²) in [6.07, 6.45) is -4.35. The largest absolute Gasteiger partial charge is 0.491 e. The van der Waals surface area contributed by atoms with E-state index in [0.29, 0.717) is 17.4 Å². The maximum atomic E-state index is 12.5. The zero-order valence-corrected chi connectivity index (χ0v) is 14.7. The third-order valence-corrected chi connectivity index (χ3v) is 3.59. The fraction of sp³-hybridized carbons (Fsp3) is 0.278. The summed E-state index contributed by atoms with van der Waals surface area (Å²) >= 11 is 5.17. The van der Waals surface area contributed by atoms with Gasteiger partial charge in [0.2, 0.25) is 0 Å². The second-order valence-corrected chi connectivity index (χ2v) is 6.11. The van der Waals surface area contributed by atoms with Crippen LogP contribution in [0.2, 0.25) is 0 Å². The second kappa shape index (κ2) is 8.20. The summed E-state index contributed by atoms with van der Waals surface area (Å²) in [4.78, 5) is 0. The molecule has 0 saturated heterocycles. The Balaban J connectivity index is 1.80. The number of hydrogen-bond acceptors (Lipinski definition) is 2. The Kier molecular flexibility index (Phi) is 6.25. The van der Waals surface area contributed by atoms with Gasteiger partial charge >= 0.3 is 6.18 Å². The van der Waals surface area contributed by atoms with Crippen LogP contribution in [-0.4, -0.2) is 17.8 Å². The Labute approximate surface area is 150 Å². The van der Waals surface area contributed by atoms with E-state index in [9.17, 15) is 13.2 Å². The molecule has 0 amide bonds. The van der Waals surface area contributed by atoms with Crippen molar-refractivity contribution >= 4 is 23.0 Å². The molecule has 2 aromatic carbocycles. The van der Waals surface area contributed by atoms with Gasteiger partial charge in [-0.05, 0) is 62.5 Å². The monoisotopic (exact) mass is 368 g/mol. The van der Waals surface area contributed by atoms with E-state index >= 15 is 0 Å². The Morgan fingerprint density at radius 3 is 2.24 bits per heavy atom. The molecular formula is C18H19F3N2OS.